The molecule has 0 bridgehead atoms. The molecule has 2 saturated carbocycles. The second kappa shape index (κ2) is 5.40. The first-order valence-electron chi connectivity index (χ1n) is 7.49. The van der Waals surface area contributed by atoms with Gasteiger partial charge >= 0.3 is 0 Å². The molecule has 1 aromatic heterocycles. The van der Waals surface area contributed by atoms with Gasteiger partial charge in [0.05, 0.1) is 0 Å². The monoisotopic (exact) mass is 244 g/mol. The van der Waals surface area contributed by atoms with Crippen LogP contribution in [-0.4, -0.2) is 11.0 Å². The van der Waals surface area contributed by atoms with Crippen LogP contribution in [0.1, 0.15) is 56.9 Å². The predicted octanol–water partition coefficient (Wildman–Crippen LogP) is 3.67. The van der Waals surface area contributed by atoms with Crippen LogP contribution in [0.15, 0.2) is 24.5 Å². The summed E-state index contributed by atoms with van der Waals surface area (Å²) in [6, 6.07) is 4.91. The van der Waals surface area contributed by atoms with Crippen LogP contribution < -0.4 is 5.32 Å². The van der Waals surface area contributed by atoms with E-state index in [1.807, 2.05) is 18.5 Å². The molecule has 2 aliphatic carbocycles. The molecular formula is C16H24N2. The Morgan fingerprint density at radius 2 is 1.94 bits per heavy atom. The predicted molar refractivity (Wildman–Crippen MR) is 74.2 cm³/mol. The Morgan fingerprint density at radius 1 is 1.17 bits per heavy atom. The molecular weight excluding hydrogens is 220 g/mol. The summed E-state index contributed by atoms with van der Waals surface area (Å²) in [6.45, 7) is 0.978. The van der Waals surface area contributed by atoms with E-state index in [0.717, 1.165) is 18.0 Å². The quantitative estimate of drug-likeness (QED) is 0.877. The molecule has 2 fully saturated rings. The molecule has 2 heteroatoms. The highest BCUT2D eigenvalue weighted by molar-refractivity contribution is 5.08. The van der Waals surface area contributed by atoms with Crippen molar-refractivity contribution in [2.45, 2.75) is 64.0 Å². The maximum atomic E-state index is 4.17. The van der Waals surface area contributed by atoms with Crippen molar-refractivity contribution >= 4 is 0 Å². The van der Waals surface area contributed by atoms with Gasteiger partial charge in [0.1, 0.15) is 0 Å². The van der Waals surface area contributed by atoms with E-state index < -0.39 is 0 Å². The molecule has 0 radical (unpaired) electrons. The largest absolute Gasteiger partial charge is 0.310 e. The molecule has 0 aliphatic heterocycles. The molecule has 0 atom stereocenters. The molecule has 2 aliphatic rings. The number of pyridine rings is 1. The third-order valence-electron chi connectivity index (χ3n) is 5.03. The zero-order valence-electron chi connectivity index (χ0n) is 11.2. The van der Waals surface area contributed by atoms with Gasteiger partial charge in [-0.25, -0.2) is 0 Å². The summed E-state index contributed by atoms with van der Waals surface area (Å²) in [7, 11) is 0. The minimum absolute atomic E-state index is 0.733. The maximum Gasteiger partial charge on any atom is 0.0312 e. The maximum absolute atomic E-state index is 4.17. The van der Waals surface area contributed by atoms with Gasteiger partial charge in [-0.05, 0) is 55.6 Å². The summed E-state index contributed by atoms with van der Waals surface area (Å²) >= 11 is 0. The van der Waals surface area contributed by atoms with Crippen molar-refractivity contribution in [3.63, 3.8) is 0 Å². The molecule has 3 rings (SSSR count). The molecule has 2 nitrogen and oxygen atoms in total. The number of nitrogens with zero attached hydrogens (tertiary/aromatic N) is 1. The van der Waals surface area contributed by atoms with E-state index in [1.165, 1.54) is 56.9 Å². The second-order valence-electron chi connectivity index (χ2n) is 6.22. The van der Waals surface area contributed by atoms with Crippen molar-refractivity contribution < 1.29 is 0 Å². The average molecular weight is 244 g/mol. The summed E-state index contributed by atoms with van der Waals surface area (Å²) in [6.07, 6.45) is 15.4. The highest BCUT2D eigenvalue weighted by Gasteiger charge is 2.37. The minimum atomic E-state index is 0.733. The van der Waals surface area contributed by atoms with E-state index in [-0.39, 0.29) is 0 Å². The topological polar surface area (TPSA) is 24.9 Å². The molecule has 0 unspecified atom stereocenters. The van der Waals surface area contributed by atoms with Gasteiger partial charge < -0.3 is 5.32 Å². The Bertz CT molecular complexity index is 358. The molecule has 1 spiro atoms. The Morgan fingerprint density at radius 3 is 2.61 bits per heavy atom. The van der Waals surface area contributed by atoms with Crippen molar-refractivity contribution in [2.75, 3.05) is 0 Å². The first-order valence-corrected chi connectivity index (χ1v) is 7.49. The average Bonchev–Trinajstić information content (AvgIpc) is 2.88. The molecule has 0 aromatic carbocycles. The number of hydrogen-bond acceptors (Lipinski definition) is 2. The number of rotatable bonds is 3. The van der Waals surface area contributed by atoms with Gasteiger partial charge in [-0.3, -0.25) is 4.98 Å². The SMILES string of the molecule is c1cncc(CNC2CCC3(CCCC3)CC2)c1. The van der Waals surface area contributed by atoms with Gasteiger partial charge in [0.15, 0.2) is 0 Å². The molecule has 0 saturated heterocycles. The zero-order valence-corrected chi connectivity index (χ0v) is 11.2. The first-order chi connectivity index (χ1) is 8.86. The van der Waals surface area contributed by atoms with Crippen molar-refractivity contribution in [1.29, 1.82) is 0 Å². The summed E-state index contributed by atoms with van der Waals surface area (Å²) in [5.74, 6) is 0. The van der Waals surface area contributed by atoms with Crippen LogP contribution in [-0.2, 0) is 6.54 Å². The Kier molecular flexibility index (Phi) is 3.64. The Balaban J connectivity index is 1.46. The van der Waals surface area contributed by atoms with Gasteiger partial charge in [0.2, 0.25) is 0 Å². The summed E-state index contributed by atoms with van der Waals surface area (Å²) in [5.41, 5.74) is 2.06. The van der Waals surface area contributed by atoms with Gasteiger partial charge in [0.25, 0.3) is 0 Å². The van der Waals surface area contributed by atoms with Gasteiger partial charge in [-0.15, -0.1) is 0 Å². The highest BCUT2D eigenvalue weighted by Crippen LogP contribution is 2.48. The summed E-state index contributed by atoms with van der Waals surface area (Å²) < 4.78 is 0. The molecule has 98 valence electrons. The van der Waals surface area contributed by atoms with Crippen LogP contribution in [0.5, 0.6) is 0 Å². The molecule has 1 aromatic rings. The molecule has 1 heterocycles. The van der Waals surface area contributed by atoms with Gasteiger partial charge in [0, 0.05) is 25.0 Å². The molecule has 1 N–H and O–H groups in total. The van der Waals surface area contributed by atoms with E-state index in [1.54, 1.807) is 0 Å². The van der Waals surface area contributed by atoms with Crippen molar-refractivity contribution in [2.24, 2.45) is 5.41 Å². The second-order valence-corrected chi connectivity index (χ2v) is 6.22. The van der Waals surface area contributed by atoms with E-state index in [0.29, 0.717) is 0 Å². The normalized spacial score (nSPS) is 23.6. The lowest BCUT2D eigenvalue weighted by Crippen LogP contribution is -2.36. The summed E-state index contributed by atoms with van der Waals surface area (Å²) in [4.78, 5) is 4.17. The zero-order chi connectivity index (χ0) is 12.3. The molecule has 18 heavy (non-hydrogen) atoms. The summed E-state index contributed by atoms with van der Waals surface area (Å²) in [5, 5.41) is 3.70. The lowest BCUT2D eigenvalue weighted by Gasteiger charge is -2.37. The minimum Gasteiger partial charge on any atom is -0.310 e. The van der Waals surface area contributed by atoms with Crippen LogP contribution in [0.25, 0.3) is 0 Å². The van der Waals surface area contributed by atoms with Crippen LogP contribution in [0.4, 0.5) is 0 Å². The fourth-order valence-electron chi connectivity index (χ4n) is 3.82. The van der Waals surface area contributed by atoms with Crippen molar-refractivity contribution in [3.05, 3.63) is 30.1 Å². The third-order valence-corrected chi connectivity index (χ3v) is 5.03. The lowest BCUT2D eigenvalue weighted by atomic mass is 9.71. The van der Waals surface area contributed by atoms with Crippen LogP contribution in [0, 0.1) is 5.41 Å². The first kappa shape index (κ1) is 12.2. The molecule has 0 amide bonds. The van der Waals surface area contributed by atoms with Crippen LogP contribution in [0.3, 0.4) is 0 Å². The van der Waals surface area contributed by atoms with E-state index in [4.69, 9.17) is 0 Å². The smallest absolute Gasteiger partial charge is 0.0312 e. The van der Waals surface area contributed by atoms with Gasteiger partial charge in [-0.2, -0.15) is 0 Å². The number of nitrogens with one attached hydrogen (secondary N) is 1. The Hall–Kier alpha value is -0.890. The van der Waals surface area contributed by atoms with Crippen LogP contribution in [0.2, 0.25) is 0 Å². The number of aromatic nitrogens is 1. The number of hydrogen-bond donors (Lipinski definition) is 1. The van der Waals surface area contributed by atoms with E-state index >= 15 is 0 Å². The van der Waals surface area contributed by atoms with Gasteiger partial charge in [-0.1, -0.05) is 18.9 Å². The van der Waals surface area contributed by atoms with Crippen molar-refractivity contribution in [3.8, 4) is 0 Å². The van der Waals surface area contributed by atoms with Crippen LogP contribution >= 0.6 is 0 Å². The highest BCUT2D eigenvalue weighted by atomic mass is 14.9. The van der Waals surface area contributed by atoms with Crippen molar-refractivity contribution in [1.82, 2.24) is 10.3 Å². The fraction of sp³-hybridized carbons (Fsp3) is 0.688. The lowest BCUT2D eigenvalue weighted by molar-refractivity contribution is 0.168. The van der Waals surface area contributed by atoms with E-state index in [9.17, 15) is 0 Å². The Labute approximate surface area is 110 Å². The van der Waals surface area contributed by atoms with E-state index in [2.05, 4.69) is 16.4 Å². The standard InChI is InChI=1S/C16H24N2/c1-2-8-16(7-1)9-5-15(6-10-16)18-13-14-4-3-11-17-12-14/h3-4,11-12,15,18H,1-2,5-10,13H2. The third kappa shape index (κ3) is 2.74. The fourth-order valence-corrected chi connectivity index (χ4v) is 3.82.